The number of nitrogen functional groups attached to an aromatic ring is 1. The van der Waals surface area contributed by atoms with E-state index >= 15 is 0 Å². The number of nitrogens with zero attached hydrogens (tertiary/aromatic N) is 2. The normalized spacial score (nSPS) is 9.54. The van der Waals surface area contributed by atoms with E-state index in [0.717, 1.165) is 11.5 Å². The van der Waals surface area contributed by atoms with Crippen molar-refractivity contribution in [1.82, 2.24) is 9.36 Å². The van der Waals surface area contributed by atoms with Gasteiger partial charge in [-0.15, -0.1) is 0 Å². The summed E-state index contributed by atoms with van der Waals surface area (Å²) in [5, 5.41) is 0.353. The highest BCUT2D eigenvalue weighted by Gasteiger charge is 2.08. The lowest BCUT2D eigenvalue weighted by Crippen LogP contribution is -2.08. The molecule has 0 aromatic carbocycles. The number of carbonyl (C=O) groups is 1. The van der Waals surface area contributed by atoms with Crippen molar-refractivity contribution in [3.63, 3.8) is 0 Å². The van der Waals surface area contributed by atoms with E-state index in [4.69, 9.17) is 10.5 Å². The molecule has 5 nitrogen and oxygen atoms in total. The Balaban J connectivity index is 2.40. The molecule has 0 bridgehead atoms. The fourth-order valence-electron chi connectivity index (χ4n) is 0.671. The van der Waals surface area contributed by atoms with Gasteiger partial charge in [-0.3, -0.25) is 4.79 Å². The molecule has 0 aliphatic heterocycles. The average Bonchev–Trinajstić information content (AvgIpc) is 2.48. The third-order valence-corrected chi connectivity index (χ3v) is 1.73. The van der Waals surface area contributed by atoms with Gasteiger partial charge in [0.2, 0.25) is 0 Å². The van der Waals surface area contributed by atoms with Gasteiger partial charge < -0.3 is 10.5 Å². The number of aromatic nitrogens is 2. The van der Waals surface area contributed by atoms with E-state index in [2.05, 4.69) is 15.9 Å². The molecule has 6 heteroatoms. The van der Waals surface area contributed by atoms with Gasteiger partial charge in [-0.25, -0.2) is 4.98 Å². The second kappa shape index (κ2) is 4.56. The highest BCUT2D eigenvalue weighted by atomic mass is 32.1. The first-order valence-electron chi connectivity index (χ1n) is 3.57. The molecule has 0 amide bonds. The van der Waals surface area contributed by atoms with Crippen molar-refractivity contribution in [2.24, 2.45) is 0 Å². The van der Waals surface area contributed by atoms with Gasteiger partial charge >= 0.3 is 5.97 Å². The van der Waals surface area contributed by atoms with Crippen molar-refractivity contribution < 1.29 is 9.53 Å². The Bertz CT molecular complexity index is 310. The van der Waals surface area contributed by atoms with Crippen LogP contribution < -0.4 is 5.73 Å². The number of hydrogen-bond donors (Lipinski definition) is 1. The first-order valence-corrected chi connectivity index (χ1v) is 4.34. The predicted molar refractivity (Wildman–Crippen MR) is 49.2 cm³/mol. The van der Waals surface area contributed by atoms with Crippen LogP contribution in [0.1, 0.15) is 5.82 Å². The van der Waals surface area contributed by atoms with Gasteiger partial charge in [0.15, 0.2) is 11.0 Å². The third-order valence-electron chi connectivity index (χ3n) is 1.15. The summed E-state index contributed by atoms with van der Waals surface area (Å²) in [6.07, 6.45) is 1.56. The zero-order chi connectivity index (χ0) is 9.68. The van der Waals surface area contributed by atoms with Gasteiger partial charge in [0.05, 0.1) is 0 Å². The molecule has 0 radical (unpaired) electrons. The van der Waals surface area contributed by atoms with Crippen molar-refractivity contribution in [1.29, 1.82) is 0 Å². The maximum absolute atomic E-state index is 11.0. The quantitative estimate of drug-likeness (QED) is 0.560. The monoisotopic (exact) mass is 199 g/mol. The summed E-state index contributed by atoms with van der Waals surface area (Å²) in [5.41, 5.74) is 5.33. The van der Waals surface area contributed by atoms with Gasteiger partial charge in [0.25, 0.3) is 0 Å². The van der Waals surface area contributed by atoms with Crippen LogP contribution in [0.15, 0.2) is 12.7 Å². The lowest BCUT2D eigenvalue weighted by atomic mass is 10.4. The van der Waals surface area contributed by atoms with E-state index < -0.39 is 0 Å². The molecule has 13 heavy (non-hydrogen) atoms. The highest BCUT2D eigenvalue weighted by molar-refractivity contribution is 7.09. The summed E-state index contributed by atoms with van der Waals surface area (Å²) in [6.45, 7) is 3.62. The molecule has 1 rings (SSSR count). The highest BCUT2D eigenvalue weighted by Crippen LogP contribution is 2.06. The standard InChI is InChI=1S/C7H9N3O2S/c1-2-3-12-6(11)4-5-9-7(8)13-10-5/h2H,1,3-4H2,(H2,8,9,10). The Hall–Kier alpha value is -1.43. The average molecular weight is 199 g/mol. The largest absolute Gasteiger partial charge is 0.461 e. The molecule has 0 aliphatic rings. The first kappa shape index (κ1) is 9.66. The molecule has 0 unspecified atom stereocenters. The molecule has 0 saturated carbocycles. The number of nitrogens with two attached hydrogens (primary N) is 1. The van der Waals surface area contributed by atoms with Crippen LogP contribution in [0.2, 0.25) is 0 Å². The molecule has 2 N–H and O–H groups in total. The molecule has 1 heterocycles. The van der Waals surface area contributed by atoms with Gasteiger partial charge in [-0.2, -0.15) is 4.37 Å². The van der Waals surface area contributed by atoms with E-state index in [1.165, 1.54) is 6.08 Å². The predicted octanol–water partition coefficient (Wildman–Crippen LogP) is 0.392. The SMILES string of the molecule is C=CCOC(=O)Cc1nsc(N)n1. The molecule has 70 valence electrons. The molecule has 0 saturated heterocycles. The van der Waals surface area contributed by atoms with E-state index in [1.54, 1.807) is 0 Å². The fraction of sp³-hybridized carbons (Fsp3) is 0.286. The number of hydrogen-bond acceptors (Lipinski definition) is 6. The Kier molecular flexibility index (Phi) is 3.39. The third kappa shape index (κ3) is 3.20. The first-order chi connectivity index (χ1) is 6.22. The van der Waals surface area contributed by atoms with Crippen molar-refractivity contribution in [2.45, 2.75) is 6.42 Å². The molecule has 1 aromatic rings. The Morgan fingerprint density at radius 2 is 2.54 bits per heavy atom. The van der Waals surface area contributed by atoms with Gasteiger partial charge in [-0.05, 0) is 0 Å². The zero-order valence-corrected chi connectivity index (χ0v) is 7.71. The second-order valence-electron chi connectivity index (χ2n) is 2.20. The molecular weight excluding hydrogens is 190 g/mol. The second-order valence-corrected chi connectivity index (χ2v) is 2.98. The number of ether oxygens (including phenoxy) is 1. The summed E-state index contributed by atoms with van der Waals surface area (Å²) in [7, 11) is 0. The Morgan fingerprint density at radius 1 is 1.77 bits per heavy atom. The van der Waals surface area contributed by atoms with Crippen LogP contribution in [0.25, 0.3) is 0 Å². The summed E-state index contributed by atoms with van der Waals surface area (Å²) >= 11 is 1.06. The van der Waals surface area contributed by atoms with Gasteiger partial charge in [-0.1, -0.05) is 12.7 Å². The molecular formula is C7H9N3O2S. The van der Waals surface area contributed by atoms with Crippen molar-refractivity contribution in [3.8, 4) is 0 Å². The van der Waals surface area contributed by atoms with Gasteiger partial charge in [0, 0.05) is 11.5 Å². The maximum atomic E-state index is 11.0. The van der Waals surface area contributed by atoms with Crippen LogP contribution in [-0.2, 0) is 16.0 Å². The summed E-state index contributed by atoms with van der Waals surface area (Å²) in [5.74, 6) is 0.0225. The topological polar surface area (TPSA) is 78.1 Å². The van der Waals surface area contributed by atoms with E-state index in [-0.39, 0.29) is 19.0 Å². The van der Waals surface area contributed by atoms with Crippen LogP contribution in [0.4, 0.5) is 5.13 Å². The maximum Gasteiger partial charge on any atom is 0.313 e. The van der Waals surface area contributed by atoms with Crippen LogP contribution in [-0.4, -0.2) is 21.9 Å². The van der Waals surface area contributed by atoms with Crippen LogP contribution >= 0.6 is 11.5 Å². The number of carbonyl (C=O) groups excluding carboxylic acids is 1. The molecule has 1 aromatic heterocycles. The fourth-order valence-corrected chi connectivity index (χ4v) is 1.12. The molecule has 0 spiro atoms. The van der Waals surface area contributed by atoms with Crippen LogP contribution in [0.5, 0.6) is 0 Å². The van der Waals surface area contributed by atoms with Crippen molar-refractivity contribution in [2.75, 3.05) is 12.3 Å². The smallest absolute Gasteiger partial charge is 0.313 e. The summed E-state index contributed by atoms with van der Waals surface area (Å²) in [4.78, 5) is 14.8. The number of rotatable bonds is 4. The minimum absolute atomic E-state index is 0.0571. The van der Waals surface area contributed by atoms with Crippen molar-refractivity contribution >= 4 is 22.6 Å². The summed E-state index contributed by atoms with van der Waals surface area (Å²) in [6, 6.07) is 0. The van der Waals surface area contributed by atoms with Crippen LogP contribution in [0, 0.1) is 0 Å². The lowest BCUT2D eigenvalue weighted by molar-refractivity contribution is -0.141. The van der Waals surface area contributed by atoms with E-state index in [9.17, 15) is 4.79 Å². The minimum atomic E-state index is -0.377. The van der Waals surface area contributed by atoms with E-state index in [1.807, 2.05) is 0 Å². The number of esters is 1. The zero-order valence-electron chi connectivity index (χ0n) is 6.90. The molecule has 0 atom stereocenters. The number of anilines is 1. The summed E-state index contributed by atoms with van der Waals surface area (Å²) < 4.78 is 8.57. The molecule has 0 aliphatic carbocycles. The van der Waals surface area contributed by atoms with E-state index in [0.29, 0.717) is 11.0 Å². The Morgan fingerprint density at radius 3 is 3.08 bits per heavy atom. The van der Waals surface area contributed by atoms with Crippen LogP contribution in [0.3, 0.4) is 0 Å². The Labute approximate surface area is 79.4 Å². The molecule has 0 fully saturated rings. The van der Waals surface area contributed by atoms with Gasteiger partial charge in [0.1, 0.15) is 13.0 Å². The van der Waals surface area contributed by atoms with Crippen molar-refractivity contribution in [3.05, 3.63) is 18.5 Å². The lowest BCUT2D eigenvalue weighted by Gasteiger charge is -1.97. The minimum Gasteiger partial charge on any atom is -0.461 e.